The van der Waals surface area contributed by atoms with Crippen molar-refractivity contribution in [2.45, 2.75) is 13.0 Å². The number of aromatic nitrogens is 1. The third kappa shape index (κ3) is 3.14. The number of rotatable bonds is 4. The highest BCUT2D eigenvalue weighted by molar-refractivity contribution is 5.98. The topological polar surface area (TPSA) is 104 Å². The summed E-state index contributed by atoms with van der Waals surface area (Å²) >= 11 is 0. The maximum absolute atomic E-state index is 11.8. The molecule has 104 valence electrons. The fraction of sp³-hybridized carbons (Fsp3) is 0.154. The van der Waals surface area contributed by atoms with Crippen LogP contribution in [0.2, 0.25) is 0 Å². The van der Waals surface area contributed by atoms with E-state index in [0.29, 0.717) is 5.76 Å². The monoisotopic (exact) mass is 275 g/mol. The Morgan fingerprint density at radius 1 is 1.35 bits per heavy atom. The average molecular weight is 275 g/mol. The van der Waals surface area contributed by atoms with Crippen LogP contribution >= 0.6 is 0 Å². The largest absolute Gasteiger partial charge is 0.476 e. The molecule has 0 saturated heterocycles. The Hall–Kier alpha value is -2.83. The summed E-state index contributed by atoms with van der Waals surface area (Å²) in [5, 5.41) is 14.0. The minimum absolute atomic E-state index is 0.129. The second-order valence-corrected chi connectivity index (χ2v) is 4.04. The van der Waals surface area contributed by atoms with Crippen molar-refractivity contribution in [3.63, 3.8) is 0 Å². The van der Waals surface area contributed by atoms with Gasteiger partial charge in [0, 0.05) is 6.20 Å². The van der Waals surface area contributed by atoms with Crippen molar-refractivity contribution in [1.29, 1.82) is 0 Å². The van der Waals surface area contributed by atoms with E-state index in [1.807, 2.05) is 0 Å². The SMILES string of the molecule is CC(NC(=O)Nc1cccnc1C(=O)O)c1ccco1. The van der Waals surface area contributed by atoms with E-state index >= 15 is 0 Å². The maximum atomic E-state index is 11.8. The van der Waals surface area contributed by atoms with E-state index in [9.17, 15) is 9.59 Å². The van der Waals surface area contributed by atoms with Gasteiger partial charge in [-0.25, -0.2) is 14.6 Å². The number of hydrogen-bond acceptors (Lipinski definition) is 4. The highest BCUT2D eigenvalue weighted by Crippen LogP contribution is 2.14. The van der Waals surface area contributed by atoms with Crippen LogP contribution in [0.4, 0.5) is 10.5 Å². The molecule has 0 saturated carbocycles. The van der Waals surface area contributed by atoms with Crippen molar-refractivity contribution >= 4 is 17.7 Å². The Kier molecular flexibility index (Phi) is 3.99. The average Bonchev–Trinajstić information content (AvgIpc) is 2.92. The zero-order valence-corrected chi connectivity index (χ0v) is 10.7. The van der Waals surface area contributed by atoms with Crippen LogP contribution in [-0.2, 0) is 0 Å². The van der Waals surface area contributed by atoms with E-state index in [-0.39, 0.29) is 17.4 Å². The highest BCUT2D eigenvalue weighted by atomic mass is 16.4. The fourth-order valence-corrected chi connectivity index (χ4v) is 1.64. The predicted molar refractivity (Wildman–Crippen MR) is 70.5 cm³/mol. The summed E-state index contributed by atoms with van der Waals surface area (Å²) in [6, 6.07) is 5.58. The first-order valence-corrected chi connectivity index (χ1v) is 5.87. The molecule has 2 aromatic rings. The summed E-state index contributed by atoms with van der Waals surface area (Å²) in [6.45, 7) is 1.75. The highest BCUT2D eigenvalue weighted by Gasteiger charge is 2.15. The zero-order chi connectivity index (χ0) is 14.5. The normalized spacial score (nSPS) is 11.7. The minimum Gasteiger partial charge on any atom is -0.476 e. The number of pyridine rings is 1. The second-order valence-electron chi connectivity index (χ2n) is 4.04. The van der Waals surface area contributed by atoms with Gasteiger partial charge in [-0.15, -0.1) is 0 Å². The number of carboxylic acid groups (broad SMARTS) is 1. The summed E-state index contributed by atoms with van der Waals surface area (Å²) in [5.74, 6) is -0.607. The number of nitrogens with one attached hydrogen (secondary N) is 2. The molecule has 2 aromatic heterocycles. The van der Waals surface area contributed by atoms with Crippen LogP contribution in [0, 0.1) is 0 Å². The van der Waals surface area contributed by atoms with E-state index < -0.39 is 12.0 Å². The summed E-state index contributed by atoms with van der Waals surface area (Å²) in [6.07, 6.45) is 2.85. The van der Waals surface area contributed by atoms with Crippen LogP contribution in [0.25, 0.3) is 0 Å². The molecule has 2 amide bonds. The molecule has 2 heterocycles. The van der Waals surface area contributed by atoms with Gasteiger partial charge in [0.25, 0.3) is 0 Å². The molecule has 0 aliphatic rings. The molecule has 1 atom stereocenters. The van der Waals surface area contributed by atoms with Gasteiger partial charge in [0.05, 0.1) is 18.0 Å². The number of urea groups is 1. The molecule has 7 heteroatoms. The van der Waals surface area contributed by atoms with Crippen LogP contribution in [0.3, 0.4) is 0 Å². The number of aromatic carboxylic acids is 1. The van der Waals surface area contributed by atoms with Crippen molar-refractivity contribution in [3.8, 4) is 0 Å². The molecule has 0 aromatic carbocycles. The predicted octanol–water partition coefficient (Wildman–Crippen LogP) is 2.26. The van der Waals surface area contributed by atoms with Crippen molar-refractivity contribution in [1.82, 2.24) is 10.3 Å². The molecule has 20 heavy (non-hydrogen) atoms. The molecule has 0 aliphatic heterocycles. The number of anilines is 1. The van der Waals surface area contributed by atoms with E-state index in [4.69, 9.17) is 9.52 Å². The Balaban J connectivity index is 2.03. The maximum Gasteiger partial charge on any atom is 0.356 e. The van der Waals surface area contributed by atoms with Gasteiger partial charge in [-0.3, -0.25) is 0 Å². The lowest BCUT2D eigenvalue weighted by Crippen LogP contribution is -2.31. The second kappa shape index (κ2) is 5.87. The Morgan fingerprint density at radius 2 is 2.15 bits per heavy atom. The van der Waals surface area contributed by atoms with Gasteiger partial charge >= 0.3 is 12.0 Å². The van der Waals surface area contributed by atoms with Crippen LogP contribution in [0.5, 0.6) is 0 Å². The first-order valence-electron chi connectivity index (χ1n) is 5.87. The van der Waals surface area contributed by atoms with Crippen molar-refractivity contribution in [3.05, 3.63) is 48.2 Å². The molecule has 0 radical (unpaired) electrons. The van der Waals surface area contributed by atoms with Gasteiger partial charge in [0.15, 0.2) is 5.69 Å². The smallest absolute Gasteiger partial charge is 0.356 e. The van der Waals surface area contributed by atoms with Gasteiger partial charge in [-0.05, 0) is 31.2 Å². The van der Waals surface area contributed by atoms with Gasteiger partial charge < -0.3 is 20.2 Å². The van der Waals surface area contributed by atoms with Crippen LogP contribution in [0.15, 0.2) is 41.1 Å². The van der Waals surface area contributed by atoms with Crippen molar-refractivity contribution < 1.29 is 19.1 Å². The number of carboxylic acids is 1. The van der Waals surface area contributed by atoms with Gasteiger partial charge in [0.2, 0.25) is 0 Å². The van der Waals surface area contributed by atoms with Gasteiger partial charge in [-0.1, -0.05) is 0 Å². The van der Waals surface area contributed by atoms with E-state index in [1.54, 1.807) is 19.1 Å². The third-order valence-electron chi connectivity index (χ3n) is 2.58. The third-order valence-corrected chi connectivity index (χ3v) is 2.58. The number of amides is 2. The van der Waals surface area contributed by atoms with Gasteiger partial charge in [-0.2, -0.15) is 0 Å². The molecule has 0 spiro atoms. The number of carbonyl (C=O) groups is 2. The summed E-state index contributed by atoms with van der Waals surface area (Å²) in [7, 11) is 0. The molecule has 0 aliphatic carbocycles. The molecule has 7 nitrogen and oxygen atoms in total. The van der Waals surface area contributed by atoms with E-state index in [0.717, 1.165) is 0 Å². The van der Waals surface area contributed by atoms with Crippen LogP contribution in [0.1, 0.15) is 29.2 Å². The Bertz CT molecular complexity index is 610. The Labute approximate surface area is 114 Å². The van der Waals surface area contributed by atoms with Crippen molar-refractivity contribution in [2.75, 3.05) is 5.32 Å². The standard InChI is InChI=1S/C13H13N3O4/c1-8(10-5-3-7-20-10)15-13(19)16-9-4-2-6-14-11(9)12(17)18/h2-8H,1H3,(H,17,18)(H2,15,16,19). The zero-order valence-electron chi connectivity index (χ0n) is 10.7. The number of carbonyl (C=O) groups excluding carboxylic acids is 1. The quantitative estimate of drug-likeness (QED) is 0.793. The van der Waals surface area contributed by atoms with Crippen LogP contribution < -0.4 is 10.6 Å². The lowest BCUT2D eigenvalue weighted by molar-refractivity contribution is 0.0691. The first kappa shape index (κ1) is 13.6. The summed E-state index contributed by atoms with van der Waals surface area (Å²) in [4.78, 5) is 26.5. The molecular weight excluding hydrogens is 262 g/mol. The lowest BCUT2D eigenvalue weighted by Gasteiger charge is -2.13. The van der Waals surface area contributed by atoms with E-state index in [2.05, 4.69) is 15.6 Å². The molecular formula is C13H13N3O4. The molecule has 1 unspecified atom stereocenters. The van der Waals surface area contributed by atoms with Crippen LogP contribution in [-0.4, -0.2) is 22.1 Å². The summed E-state index contributed by atoms with van der Waals surface area (Å²) < 4.78 is 5.16. The number of hydrogen-bond donors (Lipinski definition) is 3. The first-order chi connectivity index (χ1) is 9.58. The van der Waals surface area contributed by atoms with E-state index in [1.165, 1.54) is 24.6 Å². The minimum atomic E-state index is -1.21. The number of nitrogens with zero attached hydrogens (tertiary/aromatic N) is 1. The molecule has 0 bridgehead atoms. The molecule has 2 rings (SSSR count). The Morgan fingerprint density at radius 3 is 2.80 bits per heavy atom. The molecule has 3 N–H and O–H groups in total. The fourth-order valence-electron chi connectivity index (χ4n) is 1.64. The lowest BCUT2D eigenvalue weighted by atomic mass is 10.2. The number of furan rings is 1. The van der Waals surface area contributed by atoms with Gasteiger partial charge in [0.1, 0.15) is 5.76 Å². The van der Waals surface area contributed by atoms with Crippen molar-refractivity contribution in [2.24, 2.45) is 0 Å². The summed E-state index contributed by atoms with van der Waals surface area (Å²) in [5.41, 5.74) is -0.0857. The molecule has 0 fully saturated rings.